The first-order chi connectivity index (χ1) is 8.15. The van der Waals surface area contributed by atoms with Crippen LogP contribution in [0.4, 0.5) is 0 Å². The van der Waals surface area contributed by atoms with Gasteiger partial charge in [-0.25, -0.2) is 0 Å². The summed E-state index contributed by atoms with van der Waals surface area (Å²) in [5.41, 5.74) is 2.92. The van der Waals surface area contributed by atoms with Crippen molar-refractivity contribution in [1.29, 1.82) is 0 Å². The third-order valence-corrected chi connectivity index (χ3v) is 4.26. The predicted molar refractivity (Wildman–Crippen MR) is 76.6 cm³/mol. The Balaban J connectivity index is 2.46. The van der Waals surface area contributed by atoms with Gasteiger partial charge in [0.2, 0.25) is 0 Å². The number of alkyl halides is 1. The van der Waals surface area contributed by atoms with Crippen LogP contribution in [0.1, 0.15) is 37.8 Å². The van der Waals surface area contributed by atoms with Crippen LogP contribution in [0.3, 0.4) is 0 Å². The predicted octanol–water partition coefficient (Wildman–Crippen LogP) is 4.13. The van der Waals surface area contributed by atoms with Crippen LogP contribution in [0, 0.1) is 12.3 Å². The largest absolute Gasteiger partial charge is 0.312 e. The lowest BCUT2D eigenvalue weighted by atomic mass is 9.84. The van der Waals surface area contributed by atoms with Crippen molar-refractivity contribution in [3.63, 3.8) is 0 Å². The van der Waals surface area contributed by atoms with Crippen molar-refractivity contribution >= 4 is 11.6 Å². The molecular weight excluding hydrogens is 230 g/mol. The molecule has 0 aliphatic rings. The van der Waals surface area contributed by atoms with Crippen LogP contribution < -0.4 is 5.32 Å². The van der Waals surface area contributed by atoms with Gasteiger partial charge in [0.25, 0.3) is 0 Å². The van der Waals surface area contributed by atoms with Crippen LogP contribution in [0.15, 0.2) is 24.3 Å². The Kier molecular flexibility index (Phi) is 6.01. The normalized spacial score (nSPS) is 11.8. The molecule has 1 aromatic rings. The Hall–Kier alpha value is -0.530. The lowest BCUT2D eigenvalue weighted by molar-refractivity contribution is 0.286. The summed E-state index contributed by atoms with van der Waals surface area (Å²) in [6.07, 6.45) is 2.27. The summed E-state index contributed by atoms with van der Waals surface area (Å²) in [6.45, 7) is 8.50. The molecule has 17 heavy (non-hydrogen) atoms. The monoisotopic (exact) mass is 253 g/mol. The summed E-state index contributed by atoms with van der Waals surface area (Å²) in [7, 11) is 0. The molecule has 0 heterocycles. The maximum absolute atomic E-state index is 6.09. The molecule has 1 rings (SSSR count). The van der Waals surface area contributed by atoms with Crippen molar-refractivity contribution in [2.45, 2.75) is 40.2 Å². The van der Waals surface area contributed by atoms with Gasteiger partial charge in [-0.15, -0.1) is 11.6 Å². The molecule has 0 saturated carbocycles. The second-order valence-electron chi connectivity index (χ2n) is 4.93. The quantitative estimate of drug-likeness (QED) is 0.721. The number of halogens is 1. The lowest BCUT2D eigenvalue weighted by Gasteiger charge is -2.29. The van der Waals surface area contributed by atoms with E-state index < -0.39 is 0 Å². The summed E-state index contributed by atoms with van der Waals surface area (Å²) >= 11 is 6.09. The average Bonchev–Trinajstić information content (AvgIpc) is 2.35. The molecule has 2 heteroatoms. The molecule has 0 aliphatic carbocycles. The van der Waals surface area contributed by atoms with Gasteiger partial charge in [-0.1, -0.05) is 43.7 Å². The zero-order valence-electron chi connectivity index (χ0n) is 11.2. The fourth-order valence-electron chi connectivity index (χ4n) is 2.03. The molecular formula is C15H24ClN. The topological polar surface area (TPSA) is 12.0 Å². The summed E-state index contributed by atoms with van der Waals surface area (Å²) in [5.74, 6) is 0.737. The van der Waals surface area contributed by atoms with Gasteiger partial charge < -0.3 is 5.32 Å². The minimum Gasteiger partial charge on any atom is -0.312 e. The average molecular weight is 254 g/mol. The lowest BCUT2D eigenvalue weighted by Crippen LogP contribution is -2.34. The fraction of sp³-hybridized carbons (Fsp3) is 0.600. The van der Waals surface area contributed by atoms with Crippen molar-refractivity contribution in [1.82, 2.24) is 5.32 Å². The minimum absolute atomic E-state index is 0.255. The highest BCUT2D eigenvalue weighted by molar-refractivity contribution is 6.18. The van der Waals surface area contributed by atoms with E-state index in [-0.39, 0.29) is 5.41 Å². The number of aryl methyl sites for hydroxylation is 1. The SMILES string of the molecule is CCC(CC)(CCl)CNCc1cccc(C)c1. The Morgan fingerprint density at radius 2 is 1.94 bits per heavy atom. The second kappa shape index (κ2) is 7.03. The third kappa shape index (κ3) is 4.33. The molecule has 0 amide bonds. The second-order valence-corrected chi connectivity index (χ2v) is 5.20. The Morgan fingerprint density at radius 1 is 1.24 bits per heavy atom. The fourth-order valence-corrected chi connectivity index (χ4v) is 2.50. The standard InChI is InChI=1S/C15H24ClN/c1-4-15(5-2,11-16)12-17-10-14-8-6-7-13(3)9-14/h6-9,17H,4-5,10-12H2,1-3H3. The number of nitrogens with one attached hydrogen (secondary N) is 1. The molecule has 1 N–H and O–H groups in total. The van der Waals surface area contributed by atoms with Gasteiger partial charge in [0, 0.05) is 19.0 Å². The van der Waals surface area contributed by atoms with Gasteiger partial charge in [-0.2, -0.15) is 0 Å². The van der Waals surface area contributed by atoms with Crippen LogP contribution in [-0.2, 0) is 6.54 Å². The molecule has 0 bridgehead atoms. The Labute approximate surface area is 111 Å². The molecule has 1 aromatic carbocycles. The van der Waals surface area contributed by atoms with Crippen LogP contribution in [0.5, 0.6) is 0 Å². The Bertz CT molecular complexity index is 323. The van der Waals surface area contributed by atoms with E-state index in [1.807, 2.05) is 0 Å². The number of benzene rings is 1. The van der Waals surface area contributed by atoms with Gasteiger partial charge in [0.05, 0.1) is 0 Å². The maximum atomic E-state index is 6.09. The number of hydrogen-bond donors (Lipinski definition) is 1. The van der Waals surface area contributed by atoms with Crippen molar-refractivity contribution in [2.24, 2.45) is 5.41 Å². The van der Waals surface area contributed by atoms with Gasteiger partial charge in [-0.05, 0) is 30.7 Å². The third-order valence-electron chi connectivity index (χ3n) is 3.70. The molecule has 0 fully saturated rings. The maximum Gasteiger partial charge on any atom is 0.0291 e. The van der Waals surface area contributed by atoms with Gasteiger partial charge in [0.15, 0.2) is 0 Å². The minimum atomic E-state index is 0.255. The summed E-state index contributed by atoms with van der Waals surface area (Å²) in [5, 5.41) is 3.54. The van der Waals surface area contributed by atoms with Crippen LogP contribution in [-0.4, -0.2) is 12.4 Å². The van der Waals surface area contributed by atoms with E-state index >= 15 is 0 Å². The molecule has 96 valence electrons. The van der Waals surface area contributed by atoms with E-state index in [0.29, 0.717) is 0 Å². The van der Waals surface area contributed by atoms with E-state index in [0.717, 1.165) is 31.8 Å². The molecule has 0 aliphatic heterocycles. The molecule has 0 saturated heterocycles. The summed E-state index contributed by atoms with van der Waals surface area (Å²) in [6, 6.07) is 8.64. The molecule has 0 radical (unpaired) electrons. The highest BCUT2D eigenvalue weighted by Gasteiger charge is 2.24. The summed E-state index contributed by atoms with van der Waals surface area (Å²) < 4.78 is 0. The van der Waals surface area contributed by atoms with Crippen LogP contribution >= 0.6 is 11.6 Å². The van der Waals surface area contributed by atoms with E-state index in [1.165, 1.54) is 11.1 Å². The molecule has 0 aromatic heterocycles. The van der Waals surface area contributed by atoms with Gasteiger partial charge in [0.1, 0.15) is 0 Å². The van der Waals surface area contributed by atoms with Crippen molar-refractivity contribution in [2.75, 3.05) is 12.4 Å². The van der Waals surface area contributed by atoms with Crippen LogP contribution in [0.25, 0.3) is 0 Å². The molecule has 1 nitrogen and oxygen atoms in total. The van der Waals surface area contributed by atoms with Crippen molar-refractivity contribution in [3.8, 4) is 0 Å². The Morgan fingerprint density at radius 3 is 2.47 bits per heavy atom. The van der Waals surface area contributed by atoms with E-state index in [2.05, 4.69) is 50.4 Å². The first-order valence-corrected chi connectivity index (χ1v) is 7.01. The first kappa shape index (κ1) is 14.5. The first-order valence-electron chi connectivity index (χ1n) is 6.48. The van der Waals surface area contributed by atoms with Gasteiger partial charge in [-0.3, -0.25) is 0 Å². The van der Waals surface area contributed by atoms with E-state index in [1.54, 1.807) is 0 Å². The van der Waals surface area contributed by atoms with E-state index in [9.17, 15) is 0 Å². The number of rotatable bonds is 7. The molecule has 0 atom stereocenters. The zero-order chi connectivity index (χ0) is 12.7. The van der Waals surface area contributed by atoms with Crippen molar-refractivity contribution in [3.05, 3.63) is 35.4 Å². The number of hydrogen-bond acceptors (Lipinski definition) is 1. The molecule has 0 spiro atoms. The highest BCUT2D eigenvalue weighted by Crippen LogP contribution is 2.26. The summed E-state index contributed by atoms with van der Waals surface area (Å²) in [4.78, 5) is 0. The van der Waals surface area contributed by atoms with E-state index in [4.69, 9.17) is 11.6 Å². The highest BCUT2D eigenvalue weighted by atomic mass is 35.5. The zero-order valence-corrected chi connectivity index (χ0v) is 12.0. The smallest absolute Gasteiger partial charge is 0.0291 e. The van der Waals surface area contributed by atoms with Crippen LogP contribution in [0.2, 0.25) is 0 Å². The van der Waals surface area contributed by atoms with Gasteiger partial charge >= 0.3 is 0 Å². The van der Waals surface area contributed by atoms with Crippen molar-refractivity contribution < 1.29 is 0 Å². The molecule has 0 unspecified atom stereocenters.